The van der Waals surface area contributed by atoms with Crippen molar-refractivity contribution < 1.29 is 36.3 Å². The van der Waals surface area contributed by atoms with Gasteiger partial charge in [0.05, 0.1) is 34.2 Å². The molecule has 526 valence electrons. The van der Waals surface area contributed by atoms with Crippen LogP contribution in [-0.4, -0.2) is 167 Å². The van der Waals surface area contributed by atoms with Gasteiger partial charge >= 0.3 is 0 Å². The second-order valence-corrected chi connectivity index (χ2v) is 26.4. The van der Waals surface area contributed by atoms with Crippen LogP contribution in [0.15, 0.2) is 160 Å². The van der Waals surface area contributed by atoms with E-state index in [1.807, 2.05) is 33.8 Å². The number of rotatable bonds is 11. The third-order valence-corrected chi connectivity index (χ3v) is 20.6. The van der Waals surface area contributed by atoms with Crippen molar-refractivity contribution in [2.75, 3.05) is 80.1 Å². The van der Waals surface area contributed by atoms with Gasteiger partial charge in [-0.25, -0.2) is 45.1 Å². The van der Waals surface area contributed by atoms with Crippen LogP contribution in [0.4, 0.5) is 39.1 Å². The summed E-state index contributed by atoms with van der Waals surface area (Å²) in [6.07, 6.45) is 14.1. The van der Waals surface area contributed by atoms with Crippen molar-refractivity contribution in [3.05, 3.63) is 233 Å². The van der Waals surface area contributed by atoms with Gasteiger partial charge in [-0.2, -0.15) is 5.10 Å². The number of hydrogen-bond donors (Lipinski definition) is 1. The van der Waals surface area contributed by atoms with Gasteiger partial charge in [0.25, 0.3) is 0 Å². The first-order chi connectivity index (χ1) is 50.8. The standard InChI is InChI=1S/C27H21F2N5O.C26H20ClF2N5O.C25H21ClFN7O/c1-3-24(35)34-11-10-33(16-19(34)14-30-2)23-8-9-31-27-22(23)15-32-26(25(27)29)21-13-18(28)12-17-6-4-5-7-20(17)21;1-3-20(35)33-10-9-18-19(33)12-34(18)26-16-11-30-24(23(29)25(16)31-13(2)32-26)15-6-4-5-14-7-8-17(28)22(27)21(14)15;1-4-21(35)34-8-7-33(13-15(34)10-28-3)20-5-6-29-24-17(20)11-30-25(23(24)27)22-14(2)18(26)9-19-16(22)12-31-32-19/h3-9,12-13,15,19H,1,10-11,14,16H2;3-8,11,18-19H,1,9-10,12H2,2H3;4-6,9,11-12,15H,1,7-8,10,13H2,2H3,(H,31,32)/t19-;18-,19-;15-/m010/s1. The van der Waals surface area contributed by atoms with E-state index in [0.29, 0.717) is 134 Å². The normalized spacial score (nSPS) is 17.0. The molecule has 0 saturated carbocycles. The molecule has 0 bridgehead atoms. The molecule has 105 heavy (non-hydrogen) atoms. The average molecular weight is 1450 g/mol. The van der Waals surface area contributed by atoms with E-state index in [1.54, 1.807) is 102 Å². The molecule has 3 amide bonds. The maximum atomic E-state index is 16.0. The van der Waals surface area contributed by atoms with Crippen molar-refractivity contribution >= 4 is 123 Å². The average Bonchev–Trinajstić information content (AvgIpc) is 1.70. The Morgan fingerprint density at radius 3 is 1.80 bits per heavy atom. The van der Waals surface area contributed by atoms with E-state index < -0.39 is 29.1 Å². The Hall–Kier alpha value is -12.1. The molecular formula is C78H62Cl2F5N17O3. The molecule has 27 heteroatoms. The lowest BCUT2D eigenvalue weighted by atomic mass is 9.96. The fraction of sp³-hybridized carbons (Fsp3) is 0.218. The van der Waals surface area contributed by atoms with E-state index >= 15 is 13.2 Å². The first-order valence-corrected chi connectivity index (χ1v) is 34.2. The predicted molar refractivity (Wildman–Crippen MR) is 397 cm³/mol. The first-order valence-electron chi connectivity index (χ1n) is 33.4. The van der Waals surface area contributed by atoms with E-state index in [4.69, 9.17) is 36.3 Å². The topological polar surface area (TPSA) is 198 Å². The molecular weight excluding hydrogens is 1390 g/mol. The lowest BCUT2D eigenvalue weighted by Gasteiger charge is -2.47. The summed E-state index contributed by atoms with van der Waals surface area (Å²) in [7, 11) is 0. The van der Waals surface area contributed by atoms with Gasteiger partial charge in [-0.15, -0.1) is 0 Å². The highest BCUT2D eigenvalue weighted by Crippen LogP contribution is 2.44. The minimum atomic E-state index is -0.627. The molecule has 12 aromatic rings. The fourth-order valence-corrected chi connectivity index (χ4v) is 15.3. The lowest BCUT2D eigenvalue weighted by Crippen LogP contribution is -2.63. The predicted octanol–water partition coefficient (Wildman–Crippen LogP) is 14.3. The van der Waals surface area contributed by atoms with Crippen molar-refractivity contribution in [1.29, 1.82) is 0 Å². The Balaban J connectivity index is 0.000000133. The maximum absolute atomic E-state index is 16.0. The molecule has 0 unspecified atom stereocenters. The third-order valence-electron chi connectivity index (χ3n) is 19.8. The number of aryl methyl sites for hydroxylation is 1. The minimum absolute atomic E-state index is 0.0325. The zero-order chi connectivity index (χ0) is 73.6. The Morgan fingerprint density at radius 1 is 0.581 bits per heavy atom. The van der Waals surface area contributed by atoms with Crippen molar-refractivity contribution in [1.82, 2.24) is 59.8 Å². The van der Waals surface area contributed by atoms with E-state index in [1.165, 1.54) is 42.6 Å². The van der Waals surface area contributed by atoms with Crippen LogP contribution in [0, 0.1) is 56.1 Å². The van der Waals surface area contributed by atoms with Crippen molar-refractivity contribution in [2.24, 2.45) is 0 Å². The molecule has 4 aliphatic rings. The number of anilines is 3. The number of carbonyl (C=O) groups excluding carboxylic acids is 3. The quantitative estimate of drug-likeness (QED) is 0.0729. The number of aromatic nitrogens is 9. The van der Waals surface area contributed by atoms with Crippen LogP contribution < -0.4 is 14.7 Å². The maximum Gasteiger partial charge on any atom is 0.246 e. The molecule has 1 N–H and O–H groups in total. The van der Waals surface area contributed by atoms with Gasteiger partial charge in [-0.1, -0.05) is 91.5 Å². The molecule has 0 aliphatic carbocycles. The van der Waals surface area contributed by atoms with E-state index in [9.17, 15) is 23.2 Å². The second-order valence-electron chi connectivity index (χ2n) is 25.6. The van der Waals surface area contributed by atoms with Crippen LogP contribution in [0.25, 0.3) is 109 Å². The fourth-order valence-electron chi connectivity index (χ4n) is 14.8. The lowest BCUT2D eigenvalue weighted by molar-refractivity contribution is -0.129. The molecule has 4 atom stereocenters. The number of benzene rings is 5. The zero-order valence-corrected chi connectivity index (χ0v) is 58.0. The Labute approximate surface area is 608 Å². The SMILES string of the molecule is C=CC(=O)N1CC[C@@H]2[C@H]1CN2c1nc(C)nc2c(F)c(-c3cccc4ccc(F)c(Cl)c34)ncc12.[C-]#[N+]C[C@H]1CN(c2ccnc3c(F)c(-c4c(C)c(Cl)cc5[nH]ncc45)ncc23)CCN1C(=O)C=C.[C-]#[N+]C[C@H]1CN(c2ccnc3c(F)c(-c4cc(F)cc5ccccc45)ncc23)CCN1C(=O)C=C. The third kappa shape index (κ3) is 12.7. The molecule has 4 aliphatic heterocycles. The number of nitrogens with zero attached hydrogens (tertiary/aromatic N) is 16. The summed E-state index contributed by atoms with van der Waals surface area (Å²) in [5.41, 5.74) is 4.89. The molecule has 0 spiro atoms. The van der Waals surface area contributed by atoms with E-state index in [2.05, 4.69) is 79.4 Å². The van der Waals surface area contributed by atoms with Crippen LogP contribution in [0.1, 0.15) is 17.8 Å². The largest absolute Gasteiger partial charge is 0.367 e. The number of aromatic amines is 1. The Morgan fingerprint density at radius 2 is 1.16 bits per heavy atom. The summed E-state index contributed by atoms with van der Waals surface area (Å²) in [6, 6.07) is 22.9. The molecule has 4 saturated heterocycles. The summed E-state index contributed by atoms with van der Waals surface area (Å²) in [4.78, 5) is 85.8. The number of H-pyrrole nitrogens is 1. The van der Waals surface area contributed by atoms with Crippen LogP contribution in [-0.2, 0) is 14.4 Å². The van der Waals surface area contributed by atoms with Gasteiger partial charge in [0.2, 0.25) is 30.8 Å². The van der Waals surface area contributed by atoms with Gasteiger partial charge in [0, 0.05) is 138 Å². The van der Waals surface area contributed by atoms with Gasteiger partial charge < -0.3 is 39.1 Å². The van der Waals surface area contributed by atoms with Gasteiger partial charge in [-0.05, 0) is 96.6 Å². The highest BCUT2D eigenvalue weighted by atomic mass is 35.5. The van der Waals surface area contributed by atoms with Crippen LogP contribution >= 0.6 is 23.2 Å². The Kier molecular flexibility index (Phi) is 19.3. The van der Waals surface area contributed by atoms with E-state index in [0.717, 1.165) is 23.2 Å². The molecule has 0 radical (unpaired) electrons. The molecule has 5 aromatic carbocycles. The number of fused-ring (bicyclic) bond motifs is 7. The van der Waals surface area contributed by atoms with Gasteiger partial charge in [0.15, 0.2) is 17.5 Å². The minimum Gasteiger partial charge on any atom is -0.367 e. The van der Waals surface area contributed by atoms with Gasteiger partial charge in [0.1, 0.15) is 69.0 Å². The summed E-state index contributed by atoms with van der Waals surface area (Å²) >= 11 is 12.7. The van der Waals surface area contributed by atoms with Crippen molar-refractivity contribution in [3.63, 3.8) is 0 Å². The molecule has 20 nitrogen and oxygen atoms in total. The smallest absolute Gasteiger partial charge is 0.246 e. The van der Waals surface area contributed by atoms with Crippen LogP contribution in [0.3, 0.4) is 0 Å². The van der Waals surface area contributed by atoms with Crippen LogP contribution in [0.5, 0.6) is 0 Å². The number of likely N-dealkylation sites (tertiary alicyclic amines) is 1. The summed E-state index contributed by atoms with van der Waals surface area (Å²) < 4.78 is 76.3. The monoisotopic (exact) mass is 1450 g/mol. The number of carbonyl (C=O) groups is 3. The number of pyridine rings is 5. The van der Waals surface area contributed by atoms with E-state index in [-0.39, 0.29) is 93.6 Å². The highest BCUT2D eigenvalue weighted by Gasteiger charge is 2.49. The number of amides is 3. The number of hydrogen-bond acceptors (Lipinski definition) is 14. The molecule has 4 fully saturated rings. The van der Waals surface area contributed by atoms with Crippen LogP contribution in [0.2, 0.25) is 10.0 Å². The van der Waals surface area contributed by atoms with Crippen molar-refractivity contribution in [3.8, 4) is 33.8 Å². The number of nitrogens with one attached hydrogen (secondary N) is 1. The first kappa shape index (κ1) is 70.0. The van der Waals surface area contributed by atoms with Gasteiger partial charge in [-0.3, -0.25) is 44.4 Å². The summed E-state index contributed by atoms with van der Waals surface area (Å²) in [6.45, 7) is 33.1. The second kappa shape index (κ2) is 29.0. The van der Waals surface area contributed by atoms with Crippen molar-refractivity contribution in [2.45, 2.75) is 44.4 Å². The number of piperazine rings is 2. The summed E-state index contributed by atoms with van der Waals surface area (Å²) in [5.74, 6) is -2.31. The Bertz CT molecular complexity index is 5690. The zero-order valence-electron chi connectivity index (χ0n) is 56.5. The molecule has 16 rings (SSSR count). The molecule has 7 aromatic heterocycles. The molecule has 11 heterocycles. The number of halogens is 7. The summed E-state index contributed by atoms with van der Waals surface area (Å²) in [5, 5.41) is 12.1. The highest BCUT2D eigenvalue weighted by molar-refractivity contribution is 6.37.